The maximum absolute atomic E-state index is 13.2. The molecule has 0 bridgehead atoms. The van der Waals surface area contributed by atoms with E-state index in [-0.39, 0.29) is 39.0 Å². The minimum Gasteiger partial charge on any atom is -0.507 e. The summed E-state index contributed by atoms with van der Waals surface area (Å²) in [6, 6.07) is 14.1. The Bertz CT molecular complexity index is 1750. The maximum atomic E-state index is 13.2. The van der Waals surface area contributed by atoms with Crippen LogP contribution in [0.4, 0.5) is 0 Å². The zero-order chi connectivity index (χ0) is 25.7. The summed E-state index contributed by atoms with van der Waals surface area (Å²) in [7, 11) is 1.23. The van der Waals surface area contributed by atoms with Gasteiger partial charge in [-0.15, -0.1) is 0 Å². The Morgan fingerprint density at radius 1 is 0.806 bits per heavy atom. The van der Waals surface area contributed by atoms with Crippen LogP contribution in [0.2, 0.25) is 0 Å². The van der Waals surface area contributed by atoms with Crippen LogP contribution >= 0.6 is 0 Å². The second-order valence-electron chi connectivity index (χ2n) is 7.97. The second kappa shape index (κ2) is 8.24. The standard InChI is InChI=1S/C27H18O9/c1-35-18-11-15(29)21(23(31)12-6-3-2-4-7-12)25(33)19(18)13-10-16(30)27-22(24(13)32)26(34)20-14(28)8-5-9-17(20)36-27/h2-11,28-30,32-33H,1H3. The third-order valence-electron chi connectivity index (χ3n) is 5.90. The zero-order valence-corrected chi connectivity index (χ0v) is 18.6. The lowest BCUT2D eigenvalue weighted by Crippen LogP contribution is -2.05. The number of hydrogen-bond acceptors (Lipinski definition) is 9. The molecule has 180 valence electrons. The highest BCUT2D eigenvalue weighted by Crippen LogP contribution is 2.50. The summed E-state index contributed by atoms with van der Waals surface area (Å²) >= 11 is 0. The van der Waals surface area contributed by atoms with Crippen molar-refractivity contribution in [2.75, 3.05) is 7.11 Å². The molecule has 0 saturated carbocycles. The van der Waals surface area contributed by atoms with Gasteiger partial charge in [-0.3, -0.25) is 9.59 Å². The van der Waals surface area contributed by atoms with Gasteiger partial charge >= 0.3 is 0 Å². The molecule has 0 atom stereocenters. The van der Waals surface area contributed by atoms with Crippen LogP contribution in [0, 0.1) is 0 Å². The Kier molecular flexibility index (Phi) is 5.17. The van der Waals surface area contributed by atoms with Crippen LogP contribution in [0.1, 0.15) is 15.9 Å². The molecule has 0 aliphatic carbocycles. The predicted molar refractivity (Wildman–Crippen MR) is 130 cm³/mol. The Morgan fingerprint density at radius 3 is 2.22 bits per heavy atom. The number of methoxy groups -OCH3 is 1. The van der Waals surface area contributed by atoms with Crippen molar-refractivity contribution in [2.45, 2.75) is 0 Å². The van der Waals surface area contributed by atoms with Gasteiger partial charge in [0.1, 0.15) is 50.7 Å². The molecule has 0 saturated heterocycles. The van der Waals surface area contributed by atoms with Crippen LogP contribution in [-0.4, -0.2) is 38.4 Å². The third kappa shape index (κ3) is 3.25. The molecule has 9 nitrogen and oxygen atoms in total. The van der Waals surface area contributed by atoms with Crippen LogP contribution in [-0.2, 0) is 0 Å². The zero-order valence-electron chi connectivity index (χ0n) is 18.6. The fourth-order valence-corrected chi connectivity index (χ4v) is 4.22. The summed E-state index contributed by atoms with van der Waals surface area (Å²) in [6.45, 7) is 0. The molecular weight excluding hydrogens is 468 g/mol. The van der Waals surface area contributed by atoms with Crippen molar-refractivity contribution in [1.29, 1.82) is 0 Å². The van der Waals surface area contributed by atoms with Crippen LogP contribution in [0.25, 0.3) is 33.1 Å². The number of carbonyl (C=O) groups excluding carboxylic acids is 1. The Balaban J connectivity index is 1.87. The van der Waals surface area contributed by atoms with Crippen molar-refractivity contribution in [1.82, 2.24) is 0 Å². The molecule has 5 rings (SSSR count). The van der Waals surface area contributed by atoms with E-state index in [0.717, 1.165) is 12.1 Å². The van der Waals surface area contributed by atoms with Crippen LogP contribution in [0.3, 0.4) is 0 Å². The average molecular weight is 486 g/mol. The quantitative estimate of drug-likeness (QED) is 0.141. The Hall–Kier alpha value is -5.18. The number of ether oxygens (including phenoxy) is 1. The van der Waals surface area contributed by atoms with E-state index < -0.39 is 50.9 Å². The minimum absolute atomic E-state index is 0.0178. The van der Waals surface area contributed by atoms with Gasteiger partial charge in [-0.25, -0.2) is 0 Å². The molecule has 0 unspecified atom stereocenters. The van der Waals surface area contributed by atoms with E-state index in [9.17, 15) is 35.1 Å². The lowest BCUT2D eigenvalue weighted by molar-refractivity contribution is 0.103. The van der Waals surface area contributed by atoms with Gasteiger partial charge in [0.15, 0.2) is 11.3 Å². The molecule has 1 heterocycles. The molecule has 0 fully saturated rings. The first kappa shape index (κ1) is 22.6. The SMILES string of the molecule is COc1cc(O)c(C(=O)c2ccccc2)c(O)c1-c1cc(O)c2oc3cccc(O)c3c(=O)c2c1O. The van der Waals surface area contributed by atoms with E-state index in [1.54, 1.807) is 18.2 Å². The van der Waals surface area contributed by atoms with Crippen molar-refractivity contribution >= 4 is 27.7 Å². The number of phenols is 5. The summed E-state index contributed by atoms with van der Waals surface area (Å²) in [5.41, 5.74) is -2.05. The van der Waals surface area contributed by atoms with Gasteiger partial charge in [0, 0.05) is 17.2 Å². The Labute approximate surface area is 202 Å². The summed E-state index contributed by atoms with van der Waals surface area (Å²) in [4.78, 5) is 26.3. The van der Waals surface area contributed by atoms with Gasteiger partial charge in [0.05, 0.1) is 12.7 Å². The molecule has 5 N–H and O–H groups in total. The summed E-state index contributed by atoms with van der Waals surface area (Å²) in [5, 5.41) is 53.0. The average Bonchev–Trinajstić information content (AvgIpc) is 2.86. The van der Waals surface area contributed by atoms with Crippen LogP contribution in [0.5, 0.6) is 34.5 Å². The minimum atomic E-state index is -0.836. The van der Waals surface area contributed by atoms with Crippen molar-refractivity contribution < 1.29 is 39.5 Å². The van der Waals surface area contributed by atoms with Crippen molar-refractivity contribution in [2.24, 2.45) is 0 Å². The molecule has 9 heteroatoms. The fourth-order valence-electron chi connectivity index (χ4n) is 4.22. The number of ketones is 1. The first-order chi connectivity index (χ1) is 17.2. The number of rotatable bonds is 4. The fraction of sp³-hybridized carbons (Fsp3) is 0.0370. The lowest BCUT2D eigenvalue weighted by Gasteiger charge is -2.17. The van der Waals surface area contributed by atoms with Crippen molar-refractivity contribution in [3.63, 3.8) is 0 Å². The molecule has 0 radical (unpaired) electrons. The highest BCUT2D eigenvalue weighted by atomic mass is 16.5. The molecule has 5 aromatic rings. The van der Waals surface area contributed by atoms with Gasteiger partial charge in [-0.2, -0.15) is 0 Å². The largest absolute Gasteiger partial charge is 0.507 e. The third-order valence-corrected chi connectivity index (χ3v) is 5.90. The molecule has 0 spiro atoms. The number of carbonyl (C=O) groups is 1. The monoisotopic (exact) mass is 486 g/mol. The normalized spacial score (nSPS) is 11.1. The number of fused-ring (bicyclic) bond motifs is 2. The number of aromatic hydroxyl groups is 5. The Morgan fingerprint density at radius 2 is 1.53 bits per heavy atom. The van der Waals surface area contributed by atoms with E-state index in [2.05, 4.69) is 0 Å². The van der Waals surface area contributed by atoms with E-state index in [1.807, 2.05) is 0 Å². The van der Waals surface area contributed by atoms with E-state index in [4.69, 9.17) is 9.15 Å². The first-order valence-corrected chi connectivity index (χ1v) is 10.6. The smallest absolute Gasteiger partial charge is 0.208 e. The molecule has 4 aromatic carbocycles. The topological polar surface area (TPSA) is 158 Å². The van der Waals surface area contributed by atoms with Crippen molar-refractivity contribution in [3.05, 3.63) is 82.0 Å². The van der Waals surface area contributed by atoms with Gasteiger partial charge in [-0.1, -0.05) is 36.4 Å². The summed E-state index contributed by atoms with van der Waals surface area (Å²) in [5.74, 6) is -3.87. The maximum Gasteiger partial charge on any atom is 0.208 e. The predicted octanol–water partition coefficient (Wildman–Crippen LogP) is 4.38. The highest BCUT2D eigenvalue weighted by Gasteiger charge is 2.29. The van der Waals surface area contributed by atoms with Gasteiger partial charge in [-0.05, 0) is 18.2 Å². The summed E-state index contributed by atoms with van der Waals surface area (Å²) < 4.78 is 10.8. The van der Waals surface area contributed by atoms with E-state index in [1.165, 1.54) is 37.4 Å². The molecule has 0 amide bonds. The van der Waals surface area contributed by atoms with Gasteiger partial charge < -0.3 is 34.7 Å². The highest BCUT2D eigenvalue weighted by molar-refractivity contribution is 6.14. The van der Waals surface area contributed by atoms with Crippen LogP contribution < -0.4 is 10.2 Å². The number of benzene rings is 4. The van der Waals surface area contributed by atoms with Crippen LogP contribution in [0.15, 0.2) is 69.9 Å². The van der Waals surface area contributed by atoms with Gasteiger partial charge in [0.25, 0.3) is 0 Å². The van der Waals surface area contributed by atoms with E-state index >= 15 is 0 Å². The first-order valence-electron chi connectivity index (χ1n) is 10.6. The summed E-state index contributed by atoms with van der Waals surface area (Å²) in [6.07, 6.45) is 0. The second-order valence-corrected chi connectivity index (χ2v) is 7.97. The molecule has 1 aromatic heterocycles. The van der Waals surface area contributed by atoms with Gasteiger partial charge in [0.2, 0.25) is 11.2 Å². The molecule has 36 heavy (non-hydrogen) atoms. The number of hydrogen-bond donors (Lipinski definition) is 5. The number of phenolic OH excluding ortho intramolecular Hbond substituents is 5. The molecular formula is C27H18O9. The van der Waals surface area contributed by atoms with E-state index in [0.29, 0.717) is 0 Å². The van der Waals surface area contributed by atoms with Crippen molar-refractivity contribution in [3.8, 4) is 45.6 Å². The molecule has 0 aliphatic heterocycles. The molecule has 0 aliphatic rings. The lowest BCUT2D eigenvalue weighted by atomic mass is 9.93.